The minimum absolute atomic E-state index is 0.00642. The molecule has 1 aliphatic heterocycles. The Morgan fingerprint density at radius 1 is 1.33 bits per heavy atom. The van der Waals surface area contributed by atoms with Crippen LogP contribution in [0.25, 0.3) is 0 Å². The summed E-state index contributed by atoms with van der Waals surface area (Å²) in [6, 6.07) is 0.167. The van der Waals surface area contributed by atoms with Crippen LogP contribution in [0.2, 0.25) is 0 Å². The van der Waals surface area contributed by atoms with Crippen LogP contribution in [0.1, 0.15) is 39.5 Å². The quantitative estimate of drug-likeness (QED) is 0.796. The number of amides is 1. The molecule has 0 aromatic heterocycles. The van der Waals surface area contributed by atoms with Crippen molar-refractivity contribution in [3.05, 3.63) is 12.0 Å². The molecular weight excluding hydrogens is 274 g/mol. The molecule has 1 fully saturated rings. The fourth-order valence-electron chi connectivity index (χ4n) is 2.58. The Labute approximate surface area is 124 Å². The largest absolute Gasteiger partial charge is 0.493 e. The number of hydrogen-bond donors (Lipinski definition) is 1. The molecule has 0 radical (unpaired) electrons. The van der Waals surface area contributed by atoms with E-state index in [0.717, 1.165) is 19.3 Å². The smallest absolute Gasteiger partial charge is 0.377 e. The molecule has 0 unspecified atom stereocenters. The standard InChI is InChI=1S/C15H23NO5/c1-10-5-3-4-6-12(10)16-14(17)11(2)21-15(18)13-9-19-7-8-20-13/h9-12H,3-8H2,1-2H3,(H,16,17)/t10-,11+,12-/m0/s1. The summed E-state index contributed by atoms with van der Waals surface area (Å²) >= 11 is 0. The van der Waals surface area contributed by atoms with Crippen LogP contribution in [-0.4, -0.2) is 37.2 Å². The van der Waals surface area contributed by atoms with Gasteiger partial charge in [-0.1, -0.05) is 19.8 Å². The molecule has 0 aromatic rings. The lowest BCUT2D eigenvalue weighted by Crippen LogP contribution is -2.46. The monoisotopic (exact) mass is 297 g/mol. The molecule has 2 rings (SSSR count). The molecule has 21 heavy (non-hydrogen) atoms. The molecule has 1 amide bonds. The lowest BCUT2D eigenvalue weighted by atomic mass is 9.86. The third-order valence-corrected chi connectivity index (χ3v) is 3.94. The van der Waals surface area contributed by atoms with E-state index in [1.807, 2.05) is 0 Å². The predicted octanol–water partition coefficient (Wildman–Crippen LogP) is 1.50. The zero-order valence-corrected chi connectivity index (χ0v) is 12.6. The second kappa shape index (κ2) is 7.33. The summed E-state index contributed by atoms with van der Waals surface area (Å²) in [6.45, 7) is 4.41. The molecule has 3 atom stereocenters. The minimum atomic E-state index is -0.849. The second-order valence-electron chi connectivity index (χ2n) is 5.63. The number of carbonyl (C=O) groups excluding carboxylic acids is 2. The minimum Gasteiger partial charge on any atom is -0.493 e. The van der Waals surface area contributed by atoms with Crippen LogP contribution >= 0.6 is 0 Å². The first-order valence-corrected chi connectivity index (χ1v) is 7.54. The van der Waals surface area contributed by atoms with Crippen molar-refractivity contribution in [1.29, 1.82) is 0 Å². The number of esters is 1. The van der Waals surface area contributed by atoms with E-state index in [1.165, 1.54) is 12.7 Å². The van der Waals surface area contributed by atoms with Gasteiger partial charge in [-0.05, 0) is 25.7 Å². The van der Waals surface area contributed by atoms with E-state index in [9.17, 15) is 9.59 Å². The zero-order chi connectivity index (χ0) is 15.2. The second-order valence-corrected chi connectivity index (χ2v) is 5.63. The van der Waals surface area contributed by atoms with Gasteiger partial charge in [-0.3, -0.25) is 4.79 Å². The Hall–Kier alpha value is -1.72. The summed E-state index contributed by atoms with van der Waals surface area (Å²) in [5, 5.41) is 2.97. The van der Waals surface area contributed by atoms with Gasteiger partial charge in [-0.2, -0.15) is 0 Å². The van der Waals surface area contributed by atoms with Crippen LogP contribution < -0.4 is 5.32 Å². The van der Waals surface area contributed by atoms with Gasteiger partial charge in [0.25, 0.3) is 5.91 Å². The van der Waals surface area contributed by atoms with Crippen molar-refractivity contribution in [2.24, 2.45) is 5.92 Å². The Morgan fingerprint density at radius 3 is 2.76 bits per heavy atom. The maximum atomic E-state index is 12.1. The Balaban J connectivity index is 1.81. The SMILES string of the molecule is C[C@@H](OC(=O)C1=COCCO1)C(=O)N[C@H]1CCCC[C@@H]1C. The van der Waals surface area contributed by atoms with Gasteiger partial charge >= 0.3 is 5.97 Å². The number of carbonyl (C=O) groups is 2. The number of rotatable bonds is 4. The molecule has 1 N–H and O–H groups in total. The molecule has 0 aromatic carbocycles. The average Bonchev–Trinajstić information content (AvgIpc) is 2.50. The highest BCUT2D eigenvalue weighted by atomic mass is 16.6. The predicted molar refractivity (Wildman–Crippen MR) is 75.1 cm³/mol. The van der Waals surface area contributed by atoms with Gasteiger partial charge in [0.2, 0.25) is 5.76 Å². The van der Waals surface area contributed by atoms with Crippen LogP contribution in [0, 0.1) is 5.92 Å². The molecular formula is C15H23NO5. The van der Waals surface area contributed by atoms with E-state index >= 15 is 0 Å². The number of hydrogen-bond acceptors (Lipinski definition) is 5. The average molecular weight is 297 g/mol. The Kier molecular flexibility index (Phi) is 5.47. The molecule has 118 valence electrons. The van der Waals surface area contributed by atoms with Crippen LogP contribution in [0.3, 0.4) is 0 Å². The Bertz CT molecular complexity index is 420. The lowest BCUT2D eigenvalue weighted by Gasteiger charge is -2.30. The number of ether oxygens (including phenoxy) is 3. The van der Waals surface area contributed by atoms with E-state index in [0.29, 0.717) is 19.1 Å². The highest BCUT2D eigenvalue weighted by molar-refractivity contribution is 5.89. The summed E-state index contributed by atoms with van der Waals surface area (Å²) < 4.78 is 15.2. The molecule has 1 aliphatic carbocycles. The fourth-order valence-corrected chi connectivity index (χ4v) is 2.58. The molecule has 1 heterocycles. The van der Waals surface area contributed by atoms with Crippen LogP contribution in [0.4, 0.5) is 0 Å². The zero-order valence-electron chi connectivity index (χ0n) is 12.6. The highest BCUT2D eigenvalue weighted by Gasteiger charge is 2.27. The molecule has 1 saturated carbocycles. The van der Waals surface area contributed by atoms with Gasteiger partial charge in [-0.25, -0.2) is 4.79 Å². The molecule has 0 saturated heterocycles. The van der Waals surface area contributed by atoms with E-state index in [1.54, 1.807) is 6.92 Å². The first-order valence-electron chi connectivity index (χ1n) is 7.54. The van der Waals surface area contributed by atoms with Crippen molar-refractivity contribution in [2.75, 3.05) is 13.2 Å². The third-order valence-electron chi connectivity index (χ3n) is 3.94. The van der Waals surface area contributed by atoms with Crippen LogP contribution in [-0.2, 0) is 23.8 Å². The summed E-state index contributed by atoms with van der Waals surface area (Å²) in [5.41, 5.74) is 0. The molecule has 2 aliphatic rings. The normalized spacial score (nSPS) is 26.7. The van der Waals surface area contributed by atoms with Crippen molar-refractivity contribution in [3.8, 4) is 0 Å². The molecule has 6 heteroatoms. The van der Waals surface area contributed by atoms with Crippen molar-refractivity contribution in [2.45, 2.75) is 51.7 Å². The summed E-state index contributed by atoms with van der Waals surface area (Å²) in [6.07, 6.45) is 4.82. The van der Waals surface area contributed by atoms with E-state index in [4.69, 9.17) is 14.2 Å². The van der Waals surface area contributed by atoms with Gasteiger partial charge in [0, 0.05) is 6.04 Å². The fraction of sp³-hybridized carbons (Fsp3) is 0.733. The summed E-state index contributed by atoms with van der Waals surface area (Å²) in [7, 11) is 0. The van der Waals surface area contributed by atoms with E-state index in [-0.39, 0.29) is 17.7 Å². The lowest BCUT2D eigenvalue weighted by molar-refractivity contribution is -0.155. The van der Waals surface area contributed by atoms with E-state index < -0.39 is 12.1 Å². The van der Waals surface area contributed by atoms with E-state index in [2.05, 4.69) is 12.2 Å². The van der Waals surface area contributed by atoms with Crippen LogP contribution in [0.15, 0.2) is 12.0 Å². The van der Waals surface area contributed by atoms with Gasteiger partial charge in [0.1, 0.15) is 19.5 Å². The van der Waals surface area contributed by atoms with Crippen molar-refractivity contribution < 1.29 is 23.8 Å². The van der Waals surface area contributed by atoms with Crippen LogP contribution in [0.5, 0.6) is 0 Å². The third kappa shape index (κ3) is 4.37. The highest BCUT2D eigenvalue weighted by Crippen LogP contribution is 2.23. The van der Waals surface area contributed by atoms with Crippen molar-refractivity contribution >= 4 is 11.9 Å². The van der Waals surface area contributed by atoms with Gasteiger partial charge in [0.15, 0.2) is 6.10 Å². The molecule has 0 bridgehead atoms. The summed E-state index contributed by atoms with van der Waals surface area (Å²) in [5.74, 6) is -0.469. The topological polar surface area (TPSA) is 73.9 Å². The number of nitrogens with one attached hydrogen (secondary N) is 1. The maximum absolute atomic E-state index is 12.1. The molecule has 0 spiro atoms. The van der Waals surface area contributed by atoms with Gasteiger partial charge in [-0.15, -0.1) is 0 Å². The maximum Gasteiger partial charge on any atom is 0.377 e. The van der Waals surface area contributed by atoms with Gasteiger partial charge < -0.3 is 19.5 Å². The summed E-state index contributed by atoms with van der Waals surface area (Å²) in [4.78, 5) is 23.9. The van der Waals surface area contributed by atoms with Crippen molar-refractivity contribution in [1.82, 2.24) is 5.32 Å². The molecule has 6 nitrogen and oxygen atoms in total. The Morgan fingerprint density at radius 2 is 2.10 bits per heavy atom. The first kappa shape index (κ1) is 15.7. The van der Waals surface area contributed by atoms with Crippen molar-refractivity contribution in [3.63, 3.8) is 0 Å². The van der Waals surface area contributed by atoms with Gasteiger partial charge in [0.05, 0.1) is 0 Å². The first-order chi connectivity index (χ1) is 10.1.